The number of aryl methyl sites for hydroxylation is 3. The molecule has 100 valence electrons. The lowest BCUT2D eigenvalue weighted by Crippen LogP contribution is -2.09. The van der Waals surface area contributed by atoms with Gasteiger partial charge in [0, 0.05) is 18.3 Å². The van der Waals surface area contributed by atoms with Crippen LogP contribution in [0.25, 0.3) is 11.3 Å². The number of nitrogens with two attached hydrogens (primary N) is 1. The molecule has 2 aromatic heterocycles. The molecule has 0 fully saturated rings. The standard InChI is InChI=1S/C14H19N5/c1-4-19-13(8(2)3)11-10(18-19)6-5-9-7-16-14(15)17-12(9)11/h7-8H,4-6H2,1-3H3,(H2,15,16,17). The van der Waals surface area contributed by atoms with E-state index in [-0.39, 0.29) is 0 Å². The Balaban J connectivity index is 2.29. The fourth-order valence-corrected chi connectivity index (χ4v) is 2.86. The molecule has 0 amide bonds. The van der Waals surface area contributed by atoms with E-state index in [1.807, 2.05) is 6.20 Å². The van der Waals surface area contributed by atoms with Crippen LogP contribution in [-0.2, 0) is 19.4 Å². The third kappa shape index (κ3) is 1.80. The maximum atomic E-state index is 5.76. The molecule has 2 aromatic rings. The van der Waals surface area contributed by atoms with Gasteiger partial charge in [-0.3, -0.25) is 4.68 Å². The third-order valence-corrected chi connectivity index (χ3v) is 3.66. The van der Waals surface area contributed by atoms with Gasteiger partial charge in [0.2, 0.25) is 5.95 Å². The summed E-state index contributed by atoms with van der Waals surface area (Å²) < 4.78 is 2.10. The Kier molecular flexibility index (Phi) is 2.77. The minimum Gasteiger partial charge on any atom is -0.368 e. The van der Waals surface area contributed by atoms with Crippen LogP contribution in [0.5, 0.6) is 0 Å². The van der Waals surface area contributed by atoms with Gasteiger partial charge in [0.15, 0.2) is 0 Å². The van der Waals surface area contributed by atoms with E-state index in [9.17, 15) is 0 Å². The first-order valence-corrected chi connectivity index (χ1v) is 6.83. The third-order valence-electron chi connectivity index (χ3n) is 3.66. The largest absolute Gasteiger partial charge is 0.368 e. The molecule has 2 heterocycles. The van der Waals surface area contributed by atoms with Gasteiger partial charge in [0.1, 0.15) is 0 Å². The van der Waals surface area contributed by atoms with Crippen LogP contribution in [0.3, 0.4) is 0 Å². The fraction of sp³-hybridized carbons (Fsp3) is 0.500. The molecule has 1 aliphatic rings. The van der Waals surface area contributed by atoms with Gasteiger partial charge in [0.05, 0.1) is 17.1 Å². The first-order valence-electron chi connectivity index (χ1n) is 6.83. The second kappa shape index (κ2) is 4.33. The molecule has 0 spiro atoms. The van der Waals surface area contributed by atoms with Crippen LogP contribution in [0.2, 0.25) is 0 Å². The Morgan fingerprint density at radius 2 is 2.16 bits per heavy atom. The van der Waals surface area contributed by atoms with Gasteiger partial charge in [-0.25, -0.2) is 9.97 Å². The van der Waals surface area contributed by atoms with Gasteiger partial charge in [-0.05, 0) is 31.2 Å². The Morgan fingerprint density at radius 3 is 2.84 bits per heavy atom. The quantitative estimate of drug-likeness (QED) is 0.895. The zero-order valence-electron chi connectivity index (χ0n) is 11.6. The average molecular weight is 257 g/mol. The van der Waals surface area contributed by atoms with Crippen LogP contribution >= 0.6 is 0 Å². The molecule has 0 unspecified atom stereocenters. The summed E-state index contributed by atoms with van der Waals surface area (Å²) in [4.78, 5) is 8.57. The maximum Gasteiger partial charge on any atom is 0.220 e. The first-order chi connectivity index (χ1) is 9.11. The van der Waals surface area contributed by atoms with Gasteiger partial charge in [-0.1, -0.05) is 13.8 Å². The van der Waals surface area contributed by atoms with Crippen molar-refractivity contribution in [1.82, 2.24) is 19.7 Å². The highest BCUT2D eigenvalue weighted by molar-refractivity contribution is 5.71. The van der Waals surface area contributed by atoms with Crippen LogP contribution in [0.15, 0.2) is 6.20 Å². The molecule has 0 saturated carbocycles. The minimum absolute atomic E-state index is 0.338. The number of hydrogen-bond donors (Lipinski definition) is 1. The summed E-state index contributed by atoms with van der Waals surface area (Å²) in [5, 5.41) is 4.73. The molecule has 3 rings (SSSR count). The second-order valence-electron chi connectivity index (χ2n) is 5.28. The molecular weight excluding hydrogens is 238 g/mol. The lowest BCUT2D eigenvalue weighted by molar-refractivity contribution is 0.592. The number of fused-ring (bicyclic) bond motifs is 3. The van der Waals surface area contributed by atoms with Crippen molar-refractivity contribution < 1.29 is 0 Å². The van der Waals surface area contributed by atoms with Gasteiger partial charge in [0.25, 0.3) is 0 Å². The molecule has 0 bridgehead atoms. The molecule has 0 aromatic carbocycles. The topological polar surface area (TPSA) is 69.6 Å². The highest BCUT2D eigenvalue weighted by Gasteiger charge is 2.27. The van der Waals surface area contributed by atoms with Crippen LogP contribution in [0, 0.1) is 0 Å². The summed E-state index contributed by atoms with van der Waals surface area (Å²) in [7, 11) is 0. The smallest absolute Gasteiger partial charge is 0.220 e. The van der Waals surface area contributed by atoms with Crippen molar-refractivity contribution in [2.75, 3.05) is 5.73 Å². The van der Waals surface area contributed by atoms with Gasteiger partial charge in [-0.15, -0.1) is 0 Å². The molecule has 5 nitrogen and oxygen atoms in total. The summed E-state index contributed by atoms with van der Waals surface area (Å²) in [6, 6.07) is 0. The van der Waals surface area contributed by atoms with Crippen LogP contribution in [0.4, 0.5) is 5.95 Å². The molecule has 2 N–H and O–H groups in total. The number of rotatable bonds is 2. The number of hydrogen-bond acceptors (Lipinski definition) is 4. The number of anilines is 1. The number of nitrogen functional groups attached to an aromatic ring is 1. The van der Waals surface area contributed by atoms with Crippen molar-refractivity contribution in [3.8, 4) is 11.3 Å². The fourth-order valence-electron chi connectivity index (χ4n) is 2.86. The lowest BCUT2D eigenvalue weighted by Gasteiger charge is -2.17. The minimum atomic E-state index is 0.338. The van der Waals surface area contributed by atoms with E-state index in [1.54, 1.807) is 0 Å². The SMILES string of the molecule is CCn1nc2c(c1C(C)C)-c1nc(N)ncc1CC2. The van der Waals surface area contributed by atoms with E-state index in [0.717, 1.165) is 30.8 Å². The monoisotopic (exact) mass is 257 g/mol. The van der Waals surface area contributed by atoms with E-state index < -0.39 is 0 Å². The Labute approximate surface area is 112 Å². The molecule has 0 aliphatic heterocycles. The van der Waals surface area contributed by atoms with E-state index in [1.165, 1.54) is 16.8 Å². The van der Waals surface area contributed by atoms with E-state index in [0.29, 0.717) is 11.9 Å². The van der Waals surface area contributed by atoms with Crippen molar-refractivity contribution >= 4 is 5.95 Å². The normalized spacial score (nSPS) is 13.5. The zero-order chi connectivity index (χ0) is 13.6. The predicted molar refractivity (Wildman–Crippen MR) is 74.8 cm³/mol. The second-order valence-corrected chi connectivity index (χ2v) is 5.28. The van der Waals surface area contributed by atoms with E-state index in [2.05, 4.69) is 35.4 Å². The van der Waals surface area contributed by atoms with Crippen LogP contribution < -0.4 is 5.73 Å². The van der Waals surface area contributed by atoms with Gasteiger partial charge < -0.3 is 5.73 Å². The molecule has 0 saturated heterocycles. The van der Waals surface area contributed by atoms with Gasteiger partial charge >= 0.3 is 0 Å². The van der Waals surface area contributed by atoms with Crippen molar-refractivity contribution in [1.29, 1.82) is 0 Å². The first kappa shape index (κ1) is 12.1. The lowest BCUT2D eigenvalue weighted by atomic mass is 9.90. The predicted octanol–water partition coefficient (Wildman–Crippen LogP) is 2.16. The maximum absolute atomic E-state index is 5.76. The van der Waals surface area contributed by atoms with Crippen molar-refractivity contribution in [2.24, 2.45) is 0 Å². The summed E-state index contributed by atoms with van der Waals surface area (Å²) in [5.74, 6) is 0.754. The Hall–Kier alpha value is -1.91. The highest BCUT2D eigenvalue weighted by Crippen LogP contribution is 2.37. The molecule has 1 aliphatic carbocycles. The van der Waals surface area contributed by atoms with Crippen LogP contribution in [-0.4, -0.2) is 19.7 Å². The summed E-state index contributed by atoms with van der Waals surface area (Å²) >= 11 is 0. The molecule has 19 heavy (non-hydrogen) atoms. The van der Waals surface area contributed by atoms with E-state index >= 15 is 0 Å². The Morgan fingerprint density at radius 1 is 1.37 bits per heavy atom. The number of aromatic nitrogens is 4. The van der Waals surface area contributed by atoms with Crippen molar-refractivity contribution in [2.45, 2.75) is 46.1 Å². The van der Waals surface area contributed by atoms with Gasteiger partial charge in [-0.2, -0.15) is 5.10 Å². The molecule has 5 heteroatoms. The van der Waals surface area contributed by atoms with Crippen molar-refractivity contribution in [3.63, 3.8) is 0 Å². The highest BCUT2D eigenvalue weighted by atomic mass is 15.3. The summed E-state index contributed by atoms with van der Waals surface area (Å²) in [6.07, 6.45) is 3.76. The molecule has 0 atom stereocenters. The Bertz CT molecular complexity index is 627. The van der Waals surface area contributed by atoms with Crippen molar-refractivity contribution in [3.05, 3.63) is 23.1 Å². The summed E-state index contributed by atoms with van der Waals surface area (Å²) in [5.41, 5.74) is 11.5. The molecule has 0 radical (unpaired) electrons. The van der Waals surface area contributed by atoms with Crippen LogP contribution in [0.1, 0.15) is 43.6 Å². The van der Waals surface area contributed by atoms with E-state index in [4.69, 9.17) is 10.8 Å². The average Bonchev–Trinajstić information content (AvgIpc) is 2.77. The summed E-state index contributed by atoms with van der Waals surface area (Å²) in [6.45, 7) is 7.40. The molecular formula is C14H19N5. The zero-order valence-corrected chi connectivity index (χ0v) is 11.6. The number of nitrogens with zero attached hydrogens (tertiary/aromatic N) is 4.